The first-order valence-electron chi connectivity index (χ1n) is 6.20. The van der Waals surface area contributed by atoms with E-state index in [0.29, 0.717) is 17.5 Å². The van der Waals surface area contributed by atoms with E-state index in [9.17, 15) is 9.50 Å². The molecule has 2 heteroatoms. The van der Waals surface area contributed by atoms with Crippen LogP contribution in [0.4, 0.5) is 4.39 Å². The zero-order valence-corrected chi connectivity index (χ0v) is 10.5. The molecule has 0 fully saturated rings. The van der Waals surface area contributed by atoms with Crippen LogP contribution in [-0.4, -0.2) is 5.11 Å². The maximum atomic E-state index is 13.3. The van der Waals surface area contributed by atoms with Crippen molar-refractivity contribution < 1.29 is 9.50 Å². The van der Waals surface area contributed by atoms with Crippen LogP contribution in [0.15, 0.2) is 30.9 Å². The molecule has 0 aliphatic heterocycles. The van der Waals surface area contributed by atoms with E-state index >= 15 is 0 Å². The fourth-order valence-electron chi connectivity index (χ4n) is 1.79. The van der Waals surface area contributed by atoms with E-state index < -0.39 is 6.10 Å². The van der Waals surface area contributed by atoms with Crippen molar-refractivity contribution in [1.29, 1.82) is 0 Å². The number of rotatable bonds is 7. The van der Waals surface area contributed by atoms with Crippen LogP contribution < -0.4 is 0 Å². The van der Waals surface area contributed by atoms with E-state index in [1.807, 2.05) is 6.08 Å². The molecule has 0 aromatic heterocycles. The van der Waals surface area contributed by atoms with E-state index in [2.05, 4.69) is 6.58 Å². The highest BCUT2D eigenvalue weighted by molar-refractivity contribution is 5.24. The molecule has 0 bridgehead atoms. The van der Waals surface area contributed by atoms with Crippen LogP contribution >= 0.6 is 0 Å². The Hall–Kier alpha value is -1.15. The van der Waals surface area contributed by atoms with E-state index in [4.69, 9.17) is 0 Å². The predicted molar refractivity (Wildman–Crippen MR) is 69.4 cm³/mol. The van der Waals surface area contributed by atoms with Gasteiger partial charge in [0.1, 0.15) is 5.82 Å². The Morgan fingerprint density at radius 2 is 2.12 bits per heavy atom. The van der Waals surface area contributed by atoms with Crippen LogP contribution in [0.5, 0.6) is 0 Å². The molecule has 1 unspecified atom stereocenters. The first-order chi connectivity index (χ1) is 8.15. The molecule has 0 spiro atoms. The molecule has 1 atom stereocenters. The maximum absolute atomic E-state index is 13.3. The Bertz CT molecular complexity index is 360. The summed E-state index contributed by atoms with van der Waals surface area (Å²) < 4.78 is 13.3. The molecule has 0 aliphatic carbocycles. The molecule has 94 valence electrons. The Kier molecular flexibility index (Phi) is 5.92. The van der Waals surface area contributed by atoms with Crippen molar-refractivity contribution in [1.82, 2.24) is 0 Å². The monoisotopic (exact) mass is 236 g/mol. The molecular weight excluding hydrogens is 215 g/mol. The highest BCUT2D eigenvalue weighted by Gasteiger charge is 2.08. The number of allylic oxidation sites excluding steroid dienone is 1. The van der Waals surface area contributed by atoms with Gasteiger partial charge in [-0.2, -0.15) is 0 Å². The highest BCUT2D eigenvalue weighted by Crippen LogP contribution is 2.21. The largest absolute Gasteiger partial charge is 0.388 e. The molecule has 0 heterocycles. The van der Waals surface area contributed by atoms with E-state index in [0.717, 1.165) is 25.7 Å². The third kappa shape index (κ3) is 4.70. The summed E-state index contributed by atoms with van der Waals surface area (Å²) in [5, 5.41) is 9.91. The molecule has 1 rings (SSSR count). The Labute approximate surface area is 103 Å². The molecule has 1 aromatic carbocycles. The molecule has 0 radical (unpaired) electrons. The topological polar surface area (TPSA) is 20.2 Å². The number of unbranched alkanes of at least 4 members (excludes halogenated alkanes) is 3. The smallest absolute Gasteiger partial charge is 0.126 e. The molecular formula is C15H21FO. The summed E-state index contributed by atoms with van der Waals surface area (Å²) >= 11 is 0. The van der Waals surface area contributed by atoms with Crippen molar-refractivity contribution in [3.8, 4) is 0 Å². The second kappa shape index (κ2) is 7.23. The minimum Gasteiger partial charge on any atom is -0.388 e. The average molecular weight is 236 g/mol. The average Bonchev–Trinajstić information content (AvgIpc) is 2.32. The number of hydrogen-bond acceptors (Lipinski definition) is 1. The Morgan fingerprint density at radius 1 is 1.35 bits per heavy atom. The minimum atomic E-state index is -0.547. The van der Waals surface area contributed by atoms with E-state index in [1.165, 1.54) is 6.07 Å². The molecule has 1 aromatic rings. The first kappa shape index (κ1) is 13.9. The normalized spacial score (nSPS) is 12.4. The zero-order chi connectivity index (χ0) is 12.7. The summed E-state index contributed by atoms with van der Waals surface area (Å²) in [6.07, 6.45) is 6.23. The summed E-state index contributed by atoms with van der Waals surface area (Å²) in [6, 6.07) is 4.95. The molecule has 0 aliphatic rings. The zero-order valence-electron chi connectivity index (χ0n) is 10.5. The molecule has 0 amide bonds. The lowest BCUT2D eigenvalue weighted by atomic mass is 10.0. The molecule has 0 saturated heterocycles. The molecule has 1 N–H and O–H groups in total. The van der Waals surface area contributed by atoms with Gasteiger partial charge < -0.3 is 5.11 Å². The van der Waals surface area contributed by atoms with Crippen LogP contribution in [0.2, 0.25) is 0 Å². The third-order valence-electron chi connectivity index (χ3n) is 2.97. The van der Waals surface area contributed by atoms with Crippen LogP contribution in [0.25, 0.3) is 0 Å². The predicted octanol–water partition coefficient (Wildman–Crippen LogP) is 4.30. The van der Waals surface area contributed by atoms with Crippen molar-refractivity contribution in [2.45, 2.75) is 45.1 Å². The molecule has 0 saturated carbocycles. The fraction of sp³-hybridized carbons (Fsp3) is 0.467. The van der Waals surface area contributed by atoms with Crippen molar-refractivity contribution in [3.05, 3.63) is 47.8 Å². The van der Waals surface area contributed by atoms with Crippen molar-refractivity contribution in [2.75, 3.05) is 0 Å². The summed E-state index contributed by atoms with van der Waals surface area (Å²) in [5.41, 5.74) is 1.30. The van der Waals surface area contributed by atoms with Crippen LogP contribution in [0.1, 0.15) is 49.3 Å². The quantitative estimate of drug-likeness (QED) is 0.552. The minimum absolute atomic E-state index is 0.242. The molecule has 1 nitrogen and oxygen atoms in total. The van der Waals surface area contributed by atoms with Gasteiger partial charge in [-0.25, -0.2) is 4.39 Å². The number of hydrogen-bond donors (Lipinski definition) is 1. The number of halogens is 1. The summed E-state index contributed by atoms with van der Waals surface area (Å²) in [4.78, 5) is 0. The SMILES string of the molecule is C=CCCCCCC(O)c1ccc(C)c(F)c1. The summed E-state index contributed by atoms with van der Waals surface area (Å²) in [6.45, 7) is 5.39. The van der Waals surface area contributed by atoms with Crippen LogP contribution in [-0.2, 0) is 0 Å². The fourth-order valence-corrected chi connectivity index (χ4v) is 1.79. The summed E-state index contributed by atoms with van der Waals surface area (Å²) in [7, 11) is 0. The number of aliphatic hydroxyl groups is 1. The van der Waals surface area contributed by atoms with Crippen molar-refractivity contribution >= 4 is 0 Å². The second-order valence-corrected chi connectivity index (χ2v) is 4.45. The van der Waals surface area contributed by atoms with E-state index in [1.54, 1.807) is 19.1 Å². The maximum Gasteiger partial charge on any atom is 0.126 e. The van der Waals surface area contributed by atoms with Gasteiger partial charge in [-0.15, -0.1) is 6.58 Å². The van der Waals surface area contributed by atoms with Gasteiger partial charge >= 0.3 is 0 Å². The van der Waals surface area contributed by atoms with Crippen molar-refractivity contribution in [3.63, 3.8) is 0 Å². The van der Waals surface area contributed by atoms with Crippen molar-refractivity contribution in [2.24, 2.45) is 0 Å². The van der Waals surface area contributed by atoms with E-state index in [-0.39, 0.29) is 5.82 Å². The lowest BCUT2D eigenvalue weighted by molar-refractivity contribution is 0.163. The van der Waals surface area contributed by atoms with Gasteiger partial charge in [0.15, 0.2) is 0 Å². The third-order valence-corrected chi connectivity index (χ3v) is 2.97. The van der Waals surface area contributed by atoms with Crippen LogP contribution in [0, 0.1) is 12.7 Å². The number of aryl methyl sites for hydroxylation is 1. The van der Waals surface area contributed by atoms with Gasteiger partial charge in [-0.1, -0.05) is 31.1 Å². The van der Waals surface area contributed by atoms with Gasteiger partial charge in [0, 0.05) is 0 Å². The molecule has 17 heavy (non-hydrogen) atoms. The summed E-state index contributed by atoms with van der Waals surface area (Å²) in [5.74, 6) is -0.242. The van der Waals surface area contributed by atoms with Gasteiger partial charge in [0.05, 0.1) is 6.10 Å². The standard InChI is InChI=1S/C15H21FO/c1-3-4-5-6-7-8-15(17)13-10-9-12(2)14(16)11-13/h3,9-11,15,17H,1,4-8H2,2H3. The van der Waals surface area contributed by atoms with Gasteiger partial charge in [0.25, 0.3) is 0 Å². The Morgan fingerprint density at radius 3 is 2.76 bits per heavy atom. The lowest BCUT2D eigenvalue weighted by Crippen LogP contribution is -1.99. The number of benzene rings is 1. The Balaban J connectivity index is 2.38. The first-order valence-corrected chi connectivity index (χ1v) is 6.20. The lowest BCUT2D eigenvalue weighted by Gasteiger charge is -2.11. The number of aliphatic hydroxyl groups excluding tert-OH is 1. The second-order valence-electron chi connectivity index (χ2n) is 4.45. The highest BCUT2D eigenvalue weighted by atomic mass is 19.1. The van der Waals surface area contributed by atoms with Gasteiger partial charge in [0.2, 0.25) is 0 Å². The van der Waals surface area contributed by atoms with Crippen LogP contribution in [0.3, 0.4) is 0 Å². The van der Waals surface area contributed by atoms with Gasteiger partial charge in [-0.3, -0.25) is 0 Å². The van der Waals surface area contributed by atoms with Gasteiger partial charge in [-0.05, 0) is 43.4 Å².